The van der Waals surface area contributed by atoms with Crippen LogP contribution in [0.3, 0.4) is 0 Å². The summed E-state index contributed by atoms with van der Waals surface area (Å²) >= 11 is 0. The first kappa shape index (κ1) is 15.0. The standard InChI is InChI=1S/C15H32N2/c1-5-15-7-6-10-17(12-15)14(4)11-16-9-8-13(2)3/h13-16H,5-12H2,1-4H3. The molecular weight excluding hydrogens is 208 g/mol. The minimum atomic E-state index is 0.705. The Morgan fingerprint density at radius 1 is 1.29 bits per heavy atom. The molecule has 0 aromatic heterocycles. The Labute approximate surface area is 108 Å². The third-order valence-electron chi connectivity index (χ3n) is 4.09. The van der Waals surface area contributed by atoms with Crippen molar-refractivity contribution in [3.05, 3.63) is 0 Å². The van der Waals surface area contributed by atoms with Gasteiger partial charge < -0.3 is 5.32 Å². The van der Waals surface area contributed by atoms with Gasteiger partial charge in [-0.25, -0.2) is 0 Å². The zero-order valence-electron chi connectivity index (χ0n) is 12.3. The van der Waals surface area contributed by atoms with Crippen molar-refractivity contribution < 1.29 is 0 Å². The van der Waals surface area contributed by atoms with Gasteiger partial charge in [0.05, 0.1) is 0 Å². The van der Waals surface area contributed by atoms with Gasteiger partial charge in [0.15, 0.2) is 0 Å². The van der Waals surface area contributed by atoms with E-state index in [1.165, 1.54) is 45.3 Å². The lowest BCUT2D eigenvalue weighted by molar-refractivity contribution is 0.128. The van der Waals surface area contributed by atoms with Crippen molar-refractivity contribution in [3.8, 4) is 0 Å². The van der Waals surface area contributed by atoms with Crippen LogP contribution in [0, 0.1) is 11.8 Å². The summed E-state index contributed by atoms with van der Waals surface area (Å²) in [4.78, 5) is 2.68. The number of nitrogens with zero attached hydrogens (tertiary/aromatic N) is 1. The van der Waals surface area contributed by atoms with Gasteiger partial charge >= 0.3 is 0 Å². The monoisotopic (exact) mass is 240 g/mol. The maximum Gasteiger partial charge on any atom is 0.0192 e. The van der Waals surface area contributed by atoms with E-state index in [1.54, 1.807) is 0 Å². The van der Waals surface area contributed by atoms with E-state index in [1.807, 2.05) is 0 Å². The fourth-order valence-corrected chi connectivity index (χ4v) is 2.66. The van der Waals surface area contributed by atoms with Crippen LogP contribution in [-0.4, -0.2) is 37.1 Å². The van der Waals surface area contributed by atoms with Crippen LogP contribution < -0.4 is 5.32 Å². The number of hydrogen-bond donors (Lipinski definition) is 1. The highest BCUT2D eigenvalue weighted by Crippen LogP contribution is 2.20. The van der Waals surface area contributed by atoms with Gasteiger partial charge in [-0.3, -0.25) is 4.90 Å². The lowest BCUT2D eigenvalue weighted by atomic mass is 9.94. The van der Waals surface area contributed by atoms with Gasteiger partial charge in [0, 0.05) is 19.1 Å². The molecule has 1 aliphatic rings. The molecule has 0 aliphatic carbocycles. The van der Waals surface area contributed by atoms with Crippen LogP contribution in [0.5, 0.6) is 0 Å². The molecule has 1 N–H and O–H groups in total. The van der Waals surface area contributed by atoms with Crippen molar-refractivity contribution in [1.29, 1.82) is 0 Å². The molecule has 2 atom stereocenters. The molecule has 0 amide bonds. The second-order valence-corrected chi connectivity index (χ2v) is 6.15. The van der Waals surface area contributed by atoms with Gasteiger partial charge in [0.1, 0.15) is 0 Å². The zero-order valence-corrected chi connectivity index (χ0v) is 12.3. The van der Waals surface area contributed by atoms with Gasteiger partial charge in [0.25, 0.3) is 0 Å². The smallest absolute Gasteiger partial charge is 0.0192 e. The summed E-state index contributed by atoms with van der Waals surface area (Å²) in [7, 11) is 0. The first-order valence-electron chi connectivity index (χ1n) is 7.58. The molecule has 17 heavy (non-hydrogen) atoms. The summed E-state index contributed by atoms with van der Waals surface area (Å²) in [5, 5.41) is 3.60. The first-order chi connectivity index (χ1) is 8.13. The van der Waals surface area contributed by atoms with Crippen molar-refractivity contribution in [3.63, 3.8) is 0 Å². The van der Waals surface area contributed by atoms with E-state index in [2.05, 4.69) is 37.9 Å². The minimum Gasteiger partial charge on any atom is -0.315 e. The second kappa shape index (κ2) is 8.10. The van der Waals surface area contributed by atoms with E-state index in [0.717, 1.165) is 18.4 Å². The number of hydrogen-bond acceptors (Lipinski definition) is 2. The Kier molecular flexibility index (Phi) is 7.14. The SMILES string of the molecule is CCC1CCCN(C(C)CNCCC(C)C)C1. The maximum absolute atomic E-state index is 3.60. The summed E-state index contributed by atoms with van der Waals surface area (Å²) in [6, 6.07) is 0.705. The molecule has 0 spiro atoms. The Balaban J connectivity index is 2.15. The molecule has 0 bridgehead atoms. The summed E-state index contributed by atoms with van der Waals surface area (Å²) in [6.45, 7) is 14.3. The maximum atomic E-state index is 3.60. The quantitative estimate of drug-likeness (QED) is 0.688. The van der Waals surface area contributed by atoms with Crippen LogP contribution in [0.1, 0.15) is 53.4 Å². The molecule has 1 saturated heterocycles. The van der Waals surface area contributed by atoms with E-state index >= 15 is 0 Å². The third-order valence-corrected chi connectivity index (χ3v) is 4.09. The van der Waals surface area contributed by atoms with E-state index in [0.29, 0.717) is 6.04 Å². The largest absolute Gasteiger partial charge is 0.315 e. The predicted octanol–water partition coefficient (Wildman–Crippen LogP) is 3.13. The van der Waals surface area contributed by atoms with E-state index in [9.17, 15) is 0 Å². The Hall–Kier alpha value is -0.0800. The average Bonchev–Trinajstić information content (AvgIpc) is 2.34. The van der Waals surface area contributed by atoms with Crippen molar-refractivity contribution >= 4 is 0 Å². The highest BCUT2D eigenvalue weighted by atomic mass is 15.2. The Bertz CT molecular complexity index is 191. The molecule has 0 radical (unpaired) electrons. The van der Waals surface area contributed by atoms with Gasteiger partial charge in [-0.2, -0.15) is 0 Å². The summed E-state index contributed by atoms with van der Waals surface area (Å²) in [5.41, 5.74) is 0. The molecular formula is C15H32N2. The molecule has 2 heteroatoms. The molecule has 1 rings (SSSR count). The van der Waals surface area contributed by atoms with Crippen LogP contribution in [0.2, 0.25) is 0 Å². The van der Waals surface area contributed by atoms with E-state index in [-0.39, 0.29) is 0 Å². The third kappa shape index (κ3) is 5.87. The molecule has 1 fully saturated rings. The highest BCUT2D eigenvalue weighted by Gasteiger charge is 2.21. The van der Waals surface area contributed by atoms with Crippen LogP contribution in [-0.2, 0) is 0 Å². The number of rotatable bonds is 7. The summed E-state index contributed by atoms with van der Waals surface area (Å²) in [6.07, 6.45) is 5.49. The fourth-order valence-electron chi connectivity index (χ4n) is 2.66. The lowest BCUT2D eigenvalue weighted by Crippen LogP contribution is -2.45. The fraction of sp³-hybridized carbons (Fsp3) is 1.00. The Morgan fingerprint density at radius 2 is 2.06 bits per heavy atom. The van der Waals surface area contributed by atoms with E-state index in [4.69, 9.17) is 0 Å². The zero-order chi connectivity index (χ0) is 12.7. The van der Waals surface area contributed by atoms with Gasteiger partial charge in [0.2, 0.25) is 0 Å². The molecule has 0 aromatic carbocycles. The van der Waals surface area contributed by atoms with Crippen molar-refractivity contribution in [2.45, 2.75) is 59.4 Å². The lowest BCUT2D eigenvalue weighted by Gasteiger charge is -2.36. The summed E-state index contributed by atoms with van der Waals surface area (Å²) < 4.78 is 0. The molecule has 1 aliphatic heterocycles. The van der Waals surface area contributed by atoms with Crippen LogP contribution >= 0.6 is 0 Å². The van der Waals surface area contributed by atoms with Crippen molar-refractivity contribution in [2.75, 3.05) is 26.2 Å². The normalized spacial score (nSPS) is 24.2. The number of likely N-dealkylation sites (tertiary alicyclic amines) is 1. The molecule has 0 saturated carbocycles. The van der Waals surface area contributed by atoms with Crippen LogP contribution in [0.15, 0.2) is 0 Å². The van der Waals surface area contributed by atoms with Crippen molar-refractivity contribution in [1.82, 2.24) is 10.2 Å². The van der Waals surface area contributed by atoms with Gasteiger partial charge in [-0.1, -0.05) is 27.2 Å². The molecule has 2 nitrogen and oxygen atoms in total. The van der Waals surface area contributed by atoms with Gasteiger partial charge in [-0.15, -0.1) is 0 Å². The molecule has 1 heterocycles. The second-order valence-electron chi connectivity index (χ2n) is 6.15. The Morgan fingerprint density at radius 3 is 2.71 bits per heavy atom. The highest BCUT2D eigenvalue weighted by molar-refractivity contribution is 4.77. The van der Waals surface area contributed by atoms with Gasteiger partial charge in [-0.05, 0) is 51.1 Å². The minimum absolute atomic E-state index is 0.705. The first-order valence-corrected chi connectivity index (χ1v) is 7.58. The predicted molar refractivity (Wildman–Crippen MR) is 76.4 cm³/mol. The number of nitrogens with one attached hydrogen (secondary N) is 1. The molecule has 102 valence electrons. The average molecular weight is 240 g/mol. The van der Waals surface area contributed by atoms with Crippen LogP contribution in [0.25, 0.3) is 0 Å². The van der Waals surface area contributed by atoms with Crippen molar-refractivity contribution in [2.24, 2.45) is 11.8 Å². The summed E-state index contributed by atoms with van der Waals surface area (Å²) in [5.74, 6) is 1.76. The topological polar surface area (TPSA) is 15.3 Å². The van der Waals surface area contributed by atoms with E-state index < -0.39 is 0 Å². The molecule has 2 unspecified atom stereocenters. The number of piperidine rings is 1. The molecule has 0 aromatic rings. The van der Waals surface area contributed by atoms with Crippen LogP contribution in [0.4, 0.5) is 0 Å².